The molecule has 0 aliphatic heterocycles. The summed E-state index contributed by atoms with van der Waals surface area (Å²) in [7, 11) is -2.06. The van der Waals surface area contributed by atoms with E-state index in [-0.39, 0.29) is 16.8 Å². The van der Waals surface area contributed by atoms with Crippen molar-refractivity contribution in [1.82, 2.24) is 0 Å². The number of hydrogen-bond acceptors (Lipinski definition) is 6. The molecule has 0 heterocycles. The van der Waals surface area contributed by atoms with Crippen LogP contribution in [0.5, 0.6) is 0 Å². The maximum Gasteiger partial charge on any atom is 0.303 e. The zero-order chi connectivity index (χ0) is 25.2. The molecule has 0 saturated heterocycles. The van der Waals surface area contributed by atoms with Crippen molar-refractivity contribution in [2.45, 2.75) is 136 Å². The molecule has 33 heavy (non-hydrogen) atoms. The first-order chi connectivity index (χ1) is 15.3. The molecule has 0 saturated carbocycles. The summed E-state index contributed by atoms with van der Waals surface area (Å²) in [4.78, 5) is 36.7. The standard InChI is InChI=1S/C26H46O6Si/c1-9-10-11-12-15-22(30-19(2)27)23(31-20(3)28)18-17-21-14-13-16-24(25(21)29)32-33(7,8)26(4,5)6/h14,22-24H,9-13,15-18H2,1-8H3/t22-,23-,24?/m0/s1. The number of ether oxygens (including phenoxy) is 2. The lowest BCUT2D eigenvalue weighted by Crippen LogP contribution is -2.47. The lowest BCUT2D eigenvalue weighted by Gasteiger charge is -2.39. The SMILES string of the molecule is CCCCCC[C@H](OC(C)=O)[C@H](CCC1=CCCC(O[Si](C)(C)C(C)(C)C)C1=O)OC(C)=O. The minimum Gasteiger partial charge on any atom is -0.459 e. The number of carbonyl (C=O) groups is 3. The Kier molecular flexibility index (Phi) is 12.0. The fourth-order valence-corrected chi connectivity index (χ4v) is 5.15. The van der Waals surface area contributed by atoms with Gasteiger partial charge in [-0.25, -0.2) is 0 Å². The molecule has 0 spiro atoms. The fraction of sp³-hybridized carbons (Fsp3) is 0.808. The van der Waals surface area contributed by atoms with Gasteiger partial charge in [0.15, 0.2) is 14.1 Å². The third kappa shape index (κ3) is 10.1. The minimum absolute atomic E-state index is 0.0318. The normalized spacial score (nSPS) is 19.0. The van der Waals surface area contributed by atoms with E-state index in [0.717, 1.165) is 37.7 Å². The van der Waals surface area contributed by atoms with Crippen LogP contribution in [0.4, 0.5) is 0 Å². The maximum atomic E-state index is 13.2. The molecule has 7 heteroatoms. The van der Waals surface area contributed by atoms with Gasteiger partial charge >= 0.3 is 11.9 Å². The molecule has 0 aromatic heterocycles. The Hall–Kier alpha value is -1.47. The Bertz CT molecular complexity index is 691. The van der Waals surface area contributed by atoms with Gasteiger partial charge in [0.25, 0.3) is 0 Å². The van der Waals surface area contributed by atoms with Crippen LogP contribution in [0, 0.1) is 0 Å². The van der Waals surface area contributed by atoms with E-state index in [0.29, 0.717) is 25.7 Å². The highest BCUT2D eigenvalue weighted by molar-refractivity contribution is 6.74. The number of hydrogen-bond donors (Lipinski definition) is 0. The lowest BCUT2D eigenvalue weighted by atomic mass is 9.90. The number of rotatable bonds is 13. The zero-order valence-corrected chi connectivity index (χ0v) is 23.1. The van der Waals surface area contributed by atoms with Crippen LogP contribution in [-0.2, 0) is 28.3 Å². The van der Waals surface area contributed by atoms with Crippen molar-refractivity contribution in [3.05, 3.63) is 11.6 Å². The van der Waals surface area contributed by atoms with Gasteiger partial charge in [-0.15, -0.1) is 0 Å². The molecule has 0 N–H and O–H groups in total. The molecule has 0 amide bonds. The summed E-state index contributed by atoms with van der Waals surface area (Å²) in [6, 6.07) is 0. The molecule has 0 fully saturated rings. The van der Waals surface area contributed by atoms with Crippen LogP contribution < -0.4 is 0 Å². The second-order valence-electron chi connectivity index (χ2n) is 10.7. The number of esters is 2. The van der Waals surface area contributed by atoms with Crippen LogP contribution in [0.3, 0.4) is 0 Å². The Morgan fingerprint density at radius 3 is 2.12 bits per heavy atom. The molecular weight excluding hydrogens is 436 g/mol. The zero-order valence-electron chi connectivity index (χ0n) is 22.1. The molecule has 0 aromatic rings. The molecule has 1 aliphatic carbocycles. The van der Waals surface area contributed by atoms with Crippen molar-refractivity contribution in [1.29, 1.82) is 0 Å². The van der Waals surface area contributed by atoms with Crippen molar-refractivity contribution in [2.75, 3.05) is 0 Å². The summed E-state index contributed by atoms with van der Waals surface area (Å²) in [6.45, 7) is 15.7. The predicted octanol–water partition coefficient (Wildman–Crippen LogP) is 6.28. The van der Waals surface area contributed by atoms with E-state index in [1.165, 1.54) is 13.8 Å². The number of carbonyl (C=O) groups excluding carboxylic acids is 3. The van der Waals surface area contributed by atoms with Gasteiger partial charge in [-0.1, -0.05) is 53.0 Å². The van der Waals surface area contributed by atoms with Crippen molar-refractivity contribution >= 4 is 26.0 Å². The first-order valence-electron chi connectivity index (χ1n) is 12.5. The molecule has 0 aromatic carbocycles. The van der Waals surface area contributed by atoms with Gasteiger partial charge in [-0.3, -0.25) is 14.4 Å². The van der Waals surface area contributed by atoms with Crippen LogP contribution >= 0.6 is 0 Å². The molecular formula is C26H46O6Si. The summed E-state index contributed by atoms with van der Waals surface area (Å²) < 4.78 is 17.5. The lowest BCUT2D eigenvalue weighted by molar-refractivity contribution is -0.166. The number of Topliss-reactive ketones (excluding diaryl/α,β-unsaturated/α-hetero) is 1. The van der Waals surface area contributed by atoms with E-state index in [9.17, 15) is 14.4 Å². The van der Waals surface area contributed by atoms with Crippen molar-refractivity contribution in [3.63, 3.8) is 0 Å². The highest BCUT2D eigenvalue weighted by Gasteiger charge is 2.41. The van der Waals surface area contributed by atoms with Gasteiger partial charge in [0.1, 0.15) is 18.3 Å². The highest BCUT2D eigenvalue weighted by Crippen LogP contribution is 2.39. The van der Waals surface area contributed by atoms with E-state index in [1.807, 2.05) is 6.08 Å². The van der Waals surface area contributed by atoms with E-state index in [2.05, 4.69) is 40.8 Å². The fourth-order valence-electron chi connectivity index (χ4n) is 3.86. The smallest absolute Gasteiger partial charge is 0.303 e. The summed E-state index contributed by atoms with van der Waals surface area (Å²) in [5.41, 5.74) is 0.731. The molecule has 0 bridgehead atoms. The first kappa shape index (κ1) is 29.6. The number of unbranched alkanes of at least 4 members (excludes halogenated alkanes) is 3. The van der Waals surface area contributed by atoms with Crippen molar-refractivity contribution in [3.8, 4) is 0 Å². The average Bonchev–Trinajstić information content (AvgIpc) is 2.68. The second kappa shape index (κ2) is 13.4. The molecule has 0 radical (unpaired) electrons. The Balaban J connectivity index is 2.88. The Labute approximate surface area is 201 Å². The van der Waals surface area contributed by atoms with E-state index in [1.54, 1.807) is 0 Å². The van der Waals surface area contributed by atoms with Crippen LogP contribution in [0.15, 0.2) is 11.6 Å². The largest absolute Gasteiger partial charge is 0.459 e. The van der Waals surface area contributed by atoms with Gasteiger partial charge in [0.2, 0.25) is 0 Å². The van der Waals surface area contributed by atoms with Crippen LogP contribution in [0.1, 0.15) is 99.3 Å². The summed E-state index contributed by atoms with van der Waals surface area (Å²) >= 11 is 0. The summed E-state index contributed by atoms with van der Waals surface area (Å²) in [5, 5.41) is 0.0318. The molecule has 1 aliphatic rings. The van der Waals surface area contributed by atoms with E-state index < -0.39 is 32.6 Å². The van der Waals surface area contributed by atoms with E-state index in [4.69, 9.17) is 13.9 Å². The van der Waals surface area contributed by atoms with Gasteiger partial charge in [-0.2, -0.15) is 0 Å². The second-order valence-corrected chi connectivity index (χ2v) is 15.5. The predicted molar refractivity (Wildman–Crippen MR) is 133 cm³/mol. The van der Waals surface area contributed by atoms with Gasteiger partial charge in [0.05, 0.1) is 0 Å². The monoisotopic (exact) mass is 482 g/mol. The molecule has 1 unspecified atom stereocenters. The molecule has 3 atom stereocenters. The summed E-state index contributed by atoms with van der Waals surface area (Å²) in [6.07, 6.45) is 7.73. The topological polar surface area (TPSA) is 78.9 Å². The third-order valence-electron chi connectivity index (χ3n) is 6.76. The quantitative estimate of drug-likeness (QED) is 0.175. The van der Waals surface area contributed by atoms with Crippen LogP contribution in [-0.4, -0.2) is 44.4 Å². The van der Waals surface area contributed by atoms with Crippen molar-refractivity contribution in [2.24, 2.45) is 0 Å². The number of ketones is 1. The first-order valence-corrected chi connectivity index (χ1v) is 15.4. The van der Waals surface area contributed by atoms with E-state index >= 15 is 0 Å². The molecule has 1 rings (SSSR count). The maximum absolute atomic E-state index is 13.2. The summed E-state index contributed by atoms with van der Waals surface area (Å²) in [5.74, 6) is -0.753. The van der Waals surface area contributed by atoms with Crippen LogP contribution in [0.25, 0.3) is 0 Å². The molecule has 6 nitrogen and oxygen atoms in total. The highest BCUT2D eigenvalue weighted by atomic mass is 28.4. The minimum atomic E-state index is -2.06. The van der Waals surface area contributed by atoms with Crippen molar-refractivity contribution < 1.29 is 28.3 Å². The Morgan fingerprint density at radius 2 is 1.61 bits per heavy atom. The third-order valence-corrected chi connectivity index (χ3v) is 11.2. The molecule has 190 valence electrons. The van der Waals surface area contributed by atoms with Crippen LogP contribution in [0.2, 0.25) is 18.1 Å². The average molecular weight is 483 g/mol. The number of allylic oxidation sites excluding steroid dienone is 1. The van der Waals surface area contributed by atoms with Gasteiger partial charge < -0.3 is 13.9 Å². The Morgan fingerprint density at radius 1 is 1.03 bits per heavy atom. The van der Waals surface area contributed by atoms with Gasteiger partial charge in [-0.05, 0) is 62.2 Å². The van der Waals surface area contributed by atoms with Gasteiger partial charge in [0, 0.05) is 13.8 Å².